The maximum absolute atomic E-state index is 4.33. The molecule has 0 bridgehead atoms. The lowest BCUT2D eigenvalue weighted by Crippen LogP contribution is -2.19. The molecule has 4 heteroatoms. The van der Waals surface area contributed by atoms with E-state index in [2.05, 4.69) is 33.0 Å². The number of aromatic nitrogens is 2. The van der Waals surface area contributed by atoms with Crippen LogP contribution in [0.3, 0.4) is 0 Å². The Bertz CT molecular complexity index is 424. The number of nitrogens with zero attached hydrogens (tertiary/aromatic N) is 2. The summed E-state index contributed by atoms with van der Waals surface area (Å²) in [4.78, 5) is 8.42. The average Bonchev–Trinajstić information content (AvgIpc) is 2.68. The smallest absolute Gasteiger partial charge is 0.0801 e. The van der Waals surface area contributed by atoms with Crippen LogP contribution in [0.15, 0.2) is 29.4 Å². The Labute approximate surface area is 93.2 Å². The van der Waals surface area contributed by atoms with Crippen LogP contribution in [0.2, 0.25) is 0 Å². The second-order valence-electron chi connectivity index (χ2n) is 3.36. The third-order valence-corrected chi connectivity index (χ3v) is 3.25. The van der Waals surface area contributed by atoms with Crippen molar-refractivity contribution in [2.45, 2.75) is 13.0 Å². The fourth-order valence-corrected chi connectivity index (χ4v) is 2.47. The minimum atomic E-state index is 0.143. The number of rotatable bonds is 3. The van der Waals surface area contributed by atoms with Crippen molar-refractivity contribution >= 4 is 11.3 Å². The fraction of sp³-hybridized carbons (Fsp3) is 0.273. The highest BCUT2D eigenvalue weighted by Crippen LogP contribution is 2.25. The van der Waals surface area contributed by atoms with Crippen molar-refractivity contribution in [3.63, 3.8) is 0 Å². The van der Waals surface area contributed by atoms with Crippen molar-refractivity contribution in [1.29, 1.82) is 0 Å². The van der Waals surface area contributed by atoms with E-state index in [1.807, 2.05) is 7.05 Å². The molecule has 0 aliphatic rings. The Hall–Kier alpha value is -1.26. The topological polar surface area (TPSA) is 37.8 Å². The minimum absolute atomic E-state index is 0.143. The molecule has 0 aliphatic carbocycles. The maximum Gasteiger partial charge on any atom is 0.0801 e. The zero-order valence-electron chi connectivity index (χ0n) is 8.77. The van der Waals surface area contributed by atoms with Crippen molar-refractivity contribution in [1.82, 2.24) is 15.3 Å². The summed E-state index contributed by atoms with van der Waals surface area (Å²) in [6.45, 7) is 2.12. The van der Waals surface area contributed by atoms with Gasteiger partial charge in [-0.25, -0.2) is 0 Å². The molecule has 2 rings (SSSR count). The summed E-state index contributed by atoms with van der Waals surface area (Å²) in [6, 6.07) is 0.143. The highest BCUT2D eigenvalue weighted by Gasteiger charge is 2.15. The highest BCUT2D eigenvalue weighted by atomic mass is 32.1. The molecule has 1 unspecified atom stereocenters. The van der Waals surface area contributed by atoms with E-state index < -0.39 is 0 Å². The molecule has 1 N–H and O–H groups in total. The van der Waals surface area contributed by atoms with Gasteiger partial charge in [-0.15, -0.1) is 0 Å². The van der Waals surface area contributed by atoms with Gasteiger partial charge in [-0.2, -0.15) is 11.3 Å². The van der Waals surface area contributed by atoms with Gasteiger partial charge in [0.15, 0.2) is 0 Å². The molecular weight excluding hydrogens is 206 g/mol. The van der Waals surface area contributed by atoms with Crippen LogP contribution in [0, 0.1) is 6.92 Å². The van der Waals surface area contributed by atoms with Gasteiger partial charge in [0, 0.05) is 12.4 Å². The Morgan fingerprint density at radius 3 is 2.73 bits per heavy atom. The van der Waals surface area contributed by atoms with Gasteiger partial charge in [-0.05, 0) is 35.9 Å². The van der Waals surface area contributed by atoms with Gasteiger partial charge in [0.05, 0.1) is 17.9 Å². The maximum atomic E-state index is 4.33. The standard InChI is InChI=1S/C11H13N3S/c1-8-6-15-7-9(8)11(12-2)10-5-13-3-4-14-10/h3-7,11-12H,1-2H3. The normalized spacial score (nSPS) is 12.7. The predicted molar refractivity (Wildman–Crippen MR) is 62.0 cm³/mol. The van der Waals surface area contributed by atoms with E-state index in [1.54, 1.807) is 29.9 Å². The molecule has 15 heavy (non-hydrogen) atoms. The molecule has 0 amide bonds. The van der Waals surface area contributed by atoms with Gasteiger partial charge in [0.2, 0.25) is 0 Å². The van der Waals surface area contributed by atoms with Gasteiger partial charge >= 0.3 is 0 Å². The second-order valence-corrected chi connectivity index (χ2v) is 4.11. The van der Waals surface area contributed by atoms with E-state index in [1.165, 1.54) is 11.1 Å². The first-order chi connectivity index (χ1) is 7.33. The van der Waals surface area contributed by atoms with Crippen molar-refractivity contribution in [2.24, 2.45) is 0 Å². The number of nitrogens with one attached hydrogen (secondary N) is 1. The molecule has 1 atom stereocenters. The van der Waals surface area contributed by atoms with Gasteiger partial charge in [-0.3, -0.25) is 9.97 Å². The quantitative estimate of drug-likeness (QED) is 0.859. The van der Waals surface area contributed by atoms with E-state index >= 15 is 0 Å². The zero-order valence-corrected chi connectivity index (χ0v) is 9.58. The van der Waals surface area contributed by atoms with Crippen LogP contribution in [0.5, 0.6) is 0 Å². The Balaban J connectivity index is 2.37. The van der Waals surface area contributed by atoms with Crippen molar-refractivity contribution in [3.8, 4) is 0 Å². The molecule has 2 aromatic rings. The Morgan fingerprint density at radius 1 is 1.33 bits per heavy atom. The number of hydrogen-bond acceptors (Lipinski definition) is 4. The van der Waals surface area contributed by atoms with E-state index in [0.29, 0.717) is 0 Å². The summed E-state index contributed by atoms with van der Waals surface area (Å²) in [7, 11) is 1.94. The van der Waals surface area contributed by atoms with Crippen molar-refractivity contribution < 1.29 is 0 Å². The third kappa shape index (κ3) is 2.06. The van der Waals surface area contributed by atoms with E-state index in [4.69, 9.17) is 0 Å². The van der Waals surface area contributed by atoms with Crippen molar-refractivity contribution in [3.05, 3.63) is 46.2 Å². The number of hydrogen-bond donors (Lipinski definition) is 1. The first-order valence-electron chi connectivity index (χ1n) is 4.78. The monoisotopic (exact) mass is 219 g/mol. The third-order valence-electron chi connectivity index (χ3n) is 2.37. The molecule has 2 heterocycles. The number of aryl methyl sites for hydroxylation is 1. The number of thiophene rings is 1. The van der Waals surface area contributed by atoms with Gasteiger partial charge in [0.25, 0.3) is 0 Å². The van der Waals surface area contributed by atoms with Crippen LogP contribution in [-0.2, 0) is 0 Å². The first-order valence-corrected chi connectivity index (χ1v) is 5.73. The average molecular weight is 219 g/mol. The molecule has 0 spiro atoms. The van der Waals surface area contributed by atoms with Crippen LogP contribution in [0.25, 0.3) is 0 Å². The minimum Gasteiger partial charge on any atom is -0.308 e. The largest absolute Gasteiger partial charge is 0.308 e. The molecule has 2 aromatic heterocycles. The summed E-state index contributed by atoms with van der Waals surface area (Å²) < 4.78 is 0. The van der Waals surface area contributed by atoms with Gasteiger partial charge in [-0.1, -0.05) is 0 Å². The molecule has 78 valence electrons. The summed E-state index contributed by atoms with van der Waals surface area (Å²) in [6.07, 6.45) is 5.22. The molecule has 0 saturated heterocycles. The highest BCUT2D eigenvalue weighted by molar-refractivity contribution is 7.08. The van der Waals surface area contributed by atoms with Crippen molar-refractivity contribution in [2.75, 3.05) is 7.05 Å². The summed E-state index contributed by atoms with van der Waals surface area (Å²) in [5, 5.41) is 7.57. The summed E-state index contributed by atoms with van der Waals surface area (Å²) in [5.74, 6) is 0. The summed E-state index contributed by atoms with van der Waals surface area (Å²) >= 11 is 1.72. The lowest BCUT2D eigenvalue weighted by atomic mass is 10.0. The fourth-order valence-electron chi connectivity index (χ4n) is 1.59. The van der Waals surface area contributed by atoms with E-state index in [-0.39, 0.29) is 6.04 Å². The lowest BCUT2D eigenvalue weighted by Gasteiger charge is -2.14. The Morgan fingerprint density at radius 2 is 2.20 bits per heavy atom. The lowest BCUT2D eigenvalue weighted by molar-refractivity contribution is 0.665. The second kappa shape index (κ2) is 4.51. The van der Waals surface area contributed by atoms with E-state index in [9.17, 15) is 0 Å². The molecular formula is C11H13N3S. The molecule has 0 aliphatic heterocycles. The summed E-state index contributed by atoms with van der Waals surface area (Å²) in [5.41, 5.74) is 3.54. The van der Waals surface area contributed by atoms with Gasteiger partial charge in [0.1, 0.15) is 0 Å². The molecule has 0 saturated carbocycles. The van der Waals surface area contributed by atoms with Crippen LogP contribution in [0.1, 0.15) is 22.9 Å². The van der Waals surface area contributed by atoms with Crippen LogP contribution < -0.4 is 5.32 Å². The van der Waals surface area contributed by atoms with Gasteiger partial charge < -0.3 is 5.32 Å². The van der Waals surface area contributed by atoms with Crippen LogP contribution >= 0.6 is 11.3 Å². The zero-order chi connectivity index (χ0) is 10.7. The molecule has 0 radical (unpaired) electrons. The first kappa shape index (κ1) is 10.3. The van der Waals surface area contributed by atoms with Crippen LogP contribution in [0.4, 0.5) is 0 Å². The molecule has 0 fully saturated rings. The SMILES string of the molecule is CNC(c1cnccn1)c1cscc1C. The Kier molecular flexibility index (Phi) is 3.08. The van der Waals surface area contributed by atoms with Crippen LogP contribution in [-0.4, -0.2) is 17.0 Å². The predicted octanol–water partition coefficient (Wildman–Crippen LogP) is 2.16. The molecule has 3 nitrogen and oxygen atoms in total. The van der Waals surface area contributed by atoms with E-state index in [0.717, 1.165) is 5.69 Å². The molecule has 0 aromatic carbocycles.